The number of para-hydroxylation sites is 1. The number of nitrogens with one attached hydrogen (secondary N) is 1. The summed E-state index contributed by atoms with van der Waals surface area (Å²) < 4.78 is 12.5. The van der Waals surface area contributed by atoms with Crippen molar-refractivity contribution in [2.24, 2.45) is 0 Å². The van der Waals surface area contributed by atoms with Gasteiger partial charge >= 0.3 is 11.8 Å². The van der Waals surface area contributed by atoms with Crippen molar-refractivity contribution in [2.75, 3.05) is 40.4 Å². The van der Waals surface area contributed by atoms with Crippen molar-refractivity contribution < 1.29 is 19.1 Å². The summed E-state index contributed by atoms with van der Waals surface area (Å²) in [5.41, 5.74) is 1.32. The summed E-state index contributed by atoms with van der Waals surface area (Å²) in [6.07, 6.45) is 5.37. The van der Waals surface area contributed by atoms with Gasteiger partial charge < -0.3 is 19.7 Å². The lowest BCUT2D eigenvalue weighted by Crippen LogP contribution is -2.51. The number of carbonyl (C=O) groups is 2. The molecule has 2 atom stereocenters. The van der Waals surface area contributed by atoms with Crippen LogP contribution in [0.3, 0.4) is 0 Å². The van der Waals surface area contributed by atoms with Crippen LogP contribution in [0.5, 0.6) is 5.75 Å². The molecule has 1 saturated carbocycles. The van der Waals surface area contributed by atoms with Crippen LogP contribution in [-0.2, 0) is 14.3 Å². The van der Waals surface area contributed by atoms with Gasteiger partial charge in [0.2, 0.25) is 0 Å². The van der Waals surface area contributed by atoms with Crippen LogP contribution in [0.15, 0.2) is 24.3 Å². The zero-order valence-electron chi connectivity index (χ0n) is 18.0. The van der Waals surface area contributed by atoms with Crippen LogP contribution in [0.25, 0.3) is 0 Å². The summed E-state index contributed by atoms with van der Waals surface area (Å²) in [4.78, 5) is 28.0. The van der Waals surface area contributed by atoms with Gasteiger partial charge in [-0.15, -0.1) is 0 Å². The molecule has 1 aromatic carbocycles. The van der Waals surface area contributed by atoms with Gasteiger partial charge in [0.05, 0.1) is 18.8 Å². The molecule has 3 aliphatic heterocycles. The van der Waals surface area contributed by atoms with Gasteiger partial charge in [-0.1, -0.05) is 18.2 Å². The van der Waals surface area contributed by atoms with Gasteiger partial charge in [-0.3, -0.25) is 14.5 Å². The number of likely N-dealkylation sites (N-methyl/N-ethyl adjacent to an activating group) is 1. The maximum atomic E-state index is 12.3. The molecule has 2 bridgehead atoms. The molecule has 0 spiro atoms. The molecule has 164 valence electrons. The van der Waals surface area contributed by atoms with E-state index in [1.807, 2.05) is 6.07 Å². The Morgan fingerprint density at radius 1 is 1.07 bits per heavy atom. The first-order valence-corrected chi connectivity index (χ1v) is 11.1. The maximum absolute atomic E-state index is 12.3. The first-order chi connectivity index (χ1) is 14.5. The fourth-order valence-corrected chi connectivity index (χ4v) is 5.02. The lowest BCUT2D eigenvalue weighted by molar-refractivity contribution is -0.144. The maximum Gasteiger partial charge on any atom is 0.311 e. The Morgan fingerprint density at radius 2 is 1.83 bits per heavy atom. The fourth-order valence-electron chi connectivity index (χ4n) is 5.02. The van der Waals surface area contributed by atoms with Crippen molar-refractivity contribution in [1.82, 2.24) is 15.1 Å². The monoisotopic (exact) mass is 415 g/mol. The molecule has 1 N–H and O–H groups in total. The minimum Gasteiger partial charge on any atom is -0.492 e. The summed E-state index contributed by atoms with van der Waals surface area (Å²) in [5, 5.41) is 2.95. The van der Waals surface area contributed by atoms with Gasteiger partial charge in [-0.25, -0.2) is 0 Å². The second-order valence-electron chi connectivity index (χ2n) is 8.86. The third-order valence-corrected chi connectivity index (χ3v) is 6.75. The first kappa shape index (κ1) is 21.1. The van der Waals surface area contributed by atoms with E-state index in [0.29, 0.717) is 19.1 Å². The number of hydrogen-bond acceptors (Lipinski definition) is 5. The molecule has 4 aliphatic rings. The van der Waals surface area contributed by atoms with E-state index >= 15 is 0 Å². The van der Waals surface area contributed by atoms with Crippen LogP contribution in [0.2, 0.25) is 0 Å². The molecule has 1 saturated heterocycles. The molecular weight excluding hydrogens is 382 g/mol. The standard InChI is InChI=1S/C23H33N3O4/c1-25(2)23(28)22(27)24-19-11-12-26-13-14-29-21-6-4-3-5-18(21)16-7-9-17(10-8-16)30-15-20(19)26/h3-6,16-17,19-20H,7-15H2,1-2H3,(H,24,27)/t16?,17?,19-,20?/m0/s1. The van der Waals surface area contributed by atoms with Gasteiger partial charge in [0.1, 0.15) is 12.4 Å². The number of ether oxygens (including phenoxy) is 2. The number of nitrogens with zero attached hydrogens (tertiary/aromatic N) is 2. The Labute approximate surface area is 178 Å². The topological polar surface area (TPSA) is 71.1 Å². The molecule has 30 heavy (non-hydrogen) atoms. The molecule has 1 aromatic rings. The van der Waals surface area contributed by atoms with Crippen molar-refractivity contribution in [3.05, 3.63) is 29.8 Å². The van der Waals surface area contributed by atoms with Crippen molar-refractivity contribution in [1.29, 1.82) is 0 Å². The average molecular weight is 416 g/mol. The highest BCUT2D eigenvalue weighted by Crippen LogP contribution is 2.38. The Hall–Kier alpha value is -2.12. The van der Waals surface area contributed by atoms with Crippen molar-refractivity contribution in [3.63, 3.8) is 0 Å². The predicted octanol–water partition coefficient (Wildman–Crippen LogP) is 1.77. The van der Waals surface area contributed by atoms with E-state index in [0.717, 1.165) is 50.9 Å². The number of carbonyl (C=O) groups excluding carboxylic acids is 2. The normalized spacial score (nSPS) is 29.4. The van der Waals surface area contributed by atoms with Crippen molar-refractivity contribution >= 4 is 11.8 Å². The van der Waals surface area contributed by atoms with Crippen LogP contribution >= 0.6 is 0 Å². The zero-order valence-corrected chi connectivity index (χ0v) is 18.0. The summed E-state index contributed by atoms with van der Waals surface area (Å²) in [5.74, 6) is 0.474. The molecule has 1 aliphatic carbocycles. The first-order valence-electron chi connectivity index (χ1n) is 11.1. The average Bonchev–Trinajstić information content (AvgIpc) is 3.13. The molecule has 1 unspecified atom stereocenters. The summed E-state index contributed by atoms with van der Waals surface area (Å²) in [6, 6.07) is 8.39. The summed E-state index contributed by atoms with van der Waals surface area (Å²) >= 11 is 0. The molecule has 5 rings (SSSR count). The van der Waals surface area contributed by atoms with E-state index < -0.39 is 11.8 Å². The minimum atomic E-state index is -0.541. The number of hydrogen-bond donors (Lipinski definition) is 1. The number of benzene rings is 1. The van der Waals surface area contributed by atoms with E-state index in [4.69, 9.17) is 9.47 Å². The predicted molar refractivity (Wildman–Crippen MR) is 113 cm³/mol. The number of fused-ring (bicyclic) bond motifs is 5. The van der Waals surface area contributed by atoms with E-state index in [1.165, 1.54) is 10.5 Å². The van der Waals surface area contributed by atoms with E-state index in [2.05, 4.69) is 28.4 Å². The van der Waals surface area contributed by atoms with Crippen LogP contribution < -0.4 is 10.1 Å². The Kier molecular flexibility index (Phi) is 6.58. The van der Waals surface area contributed by atoms with E-state index in [9.17, 15) is 9.59 Å². The lowest BCUT2D eigenvalue weighted by Gasteiger charge is -2.32. The smallest absolute Gasteiger partial charge is 0.311 e. The van der Waals surface area contributed by atoms with Gasteiger partial charge in [-0.05, 0) is 49.7 Å². The van der Waals surface area contributed by atoms with Crippen LogP contribution in [0.4, 0.5) is 0 Å². The van der Waals surface area contributed by atoms with Crippen LogP contribution in [0, 0.1) is 0 Å². The SMILES string of the molecule is CN(C)C(=O)C(=O)N[C@H]1CCN2CCOc3ccccc3C3CCC(CC3)OCC12. The fraction of sp³-hybridized carbons (Fsp3) is 0.652. The van der Waals surface area contributed by atoms with Crippen LogP contribution in [-0.4, -0.2) is 80.2 Å². The number of amides is 2. The highest BCUT2D eigenvalue weighted by molar-refractivity contribution is 6.34. The Balaban J connectivity index is 1.48. The highest BCUT2D eigenvalue weighted by atomic mass is 16.5. The molecular formula is C23H33N3O4. The van der Waals surface area contributed by atoms with Crippen molar-refractivity contribution in [3.8, 4) is 5.75 Å². The molecule has 7 heteroatoms. The van der Waals surface area contributed by atoms with Gasteiger partial charge in [-0.2, -0.15) is 0 Å². The van der Waals surface area contributed by atoms with Crippen molar-refractivity contribution in [2.45, 2.75) is 56.2 Å². The van der Waals surface area contributed by atoms with E-state index in [1.54, 1.807) is 14.1 Å². The highest BCUT2D eigenvalue weighted by Gasteiger charge is 2.37. The quantitative estimate of drug-likeness (QED) is 0.708. The third kappa shape index (κ3) is 4.62. The van der Waals surface area contributed by atoms with Gasteiger partial charge in [0.25, 0.3) is 0 Å². The van der Waals surface area contributed by atoms with Gasteiger partial charge in [0.15, 0.2) is 0 Å². The number of rotatable bonds is 1. The second-order valence-corrected chi connectivity index (χ2v) is 8.86. The Morgan fingerprint density at radius 3 is 2.60 bits per heavy atom. The largest absolute Gasteiger partial charge is 0.492 e. The summed E-state index contributed by atoms with van der Waals surface area (Å²) in [6.45, 7) is 2.80. The second kappa shape index (κ2) is 9.35. The molecule has 3 heterocycles. The van der Waals surface area contributed by atoms with Gasteiger partial charge in [0, 0.05) is 33.2 Å². The zero-order chi connectivity index (χ0) is 21.1. The van der Waals surface area contributed by atoms with E-state index in [-0.39, 0.29) is 18.2 Å². The minimum absolute atomic E-state index is 0.0567. The molecule has 2 amide bonds. The lowest BCUT2D eigenvalue weighted by atomic mass is 9.82. The third-order valence-electron chi connectivity index (χ3n) is 6.75. The molecule has 2 fully saturated rings. The molecule has 7 nitrogen and oxygen atoms in total. The van der Waals surface area contributed by atoms with Crippen LogP contribution in [0.1, 0.15) is 43.6 Å². The molecule has 0 aromatic heterocycles. The Bertz CT molecular complexity index is 761. The molecule has 0 radical (unpaired) electrons. The summed E-state index contributed by atoms with van der Waals surface area (Å²) in [7, 11) is 3.19.